The number of piperazine rings is 1. The fourth-order valence-electron chi connectivity index (χ4n) is 4.58. The summed E-state index contributed by atoms with van der Waals surface area (Å²) in [6, 6.07) is 6.88. The van der Waals surface area contributed by atoms with Gasteiger partial charge in [0.15, 0.2) is 0 Å². The third-order valence-corrected chi connectivity index (χ3v) is 8.82. The van der Waals surface area contributed by atoms with Gasteiger partial charge in [0, 0.05) is 44.3 Å². The molecule has 0 bridgehead atoms. The van der Waals surface area contributed by atoms with Crippen LogP contribution in [0.15, 0.2) is 35.3 Å². The van der Waals surface area contributed by atoms with Crippen molar-refractivity contribution in [2.24, 2.45) is 0 Å². The molecule has 1 aromatic heterocycles. The van der Waals surface area contributed by atoms with Crippen LogP contribution in [-0.2, 0) is 10.2 Å². The van der Waals surface area contributed by atoms with E-state index in [1.54, 1.807) is 37.4 Å². The van der Waals surface area contributed by atoms with Gasteiger partial charge < -0.3 is 9.64 Å². The molecule has 2 aliphatic rings. The molecular formula is C23H31ClFN5O4S. The average molecular weight is 528 g/mol. The van der Waals surface area contributed by atoms with Gasteiger partial charge in [-0.1, -0.05) is 24.6 Å². The number of aromatic nitrogens is 2. The van der Waals surface area contributed by atoms with Crippen molar-refractivity contribution in [3.05, 3.63) is 45.8 Å². The van der Waals surface area contributed by atoms with Crippen LogP contribution in [0, 0.1) is 0 Å². The van der Waals surface area contributed by atoms with Gasteiger partial charge in [-0.2, -0.15) is 26.8 Å². The molecule has 1 aliphatic heterocycles. The topological polar surface area (TPSA) is 88.0 Å². The summed E-state index contributed by atoms with van der Waals surface area (Å²) >= 11 is 6.12. The first-order valence-corrected chi connectivity index (χ1v) is 13.7. The minimum Gasteiger partial charge on any atom is -0.483 e. The van der Waals surface area contributed by atoms with Crippen molar-refractivity contribution in [2.45, 2.75) is 38.7 Å². The Labute approximate surface area is 210 Å². The maximum atomic E-state index is 13.5. The molecule has 0 amide bonds. The molecule has 12 heteroatoms. The van der Waals surface area contributed by atoms with Crippen LogP contribution in [-0.4, -0.2) is 78.9 Å². The van der Waals surface area contributed by atoms with E-state index in [1.807, 2.05) is 4.90 Å². The van der Waals surface area contributed by atoms with Crippen LogP contribution in [0.2, 0.25) is 5.02 Å². The Morgan fingerprint density at radius 2 is 1.91 bits per heavy atom. The highest BCUT2D eigenvalue weighted by atomic mass is 35.5. The van der Waals surface area contributed by atoms with Gasteiger partial charge in [-0.3, -0.25) is 4.79 Å². The van der Waals surface area contributed by atoms with Gasteiger partial charge >= 0.3 is 5.56 Å². The first-order valence-electron chi connectivity index (χ1n) is 12.0. The normalized spacial score (nSPS) is 17.9. The molecule has 0 atom stereocenters. The van der Waals surface area contributed by atoms with Gasteiger partial charge in [0.25, 0.3) is 10.2 Å². The molecule has 4 rings (SSSR count). The fraction of sp³-hybridized carbons (Fsp3) is 0.565. The summed E-state index contributed by atoms with van der Waals surface area (Å²) in [5, 5.41) is 4.87. The largest absolute Gasteiger partial charge is 0.483 e. The average Bonchev–Trinajstić information content (AvgIpc) is 3.37. The molecule has 192 valence electrons. The molecule has 1 saturated heterocycles. The van der Waals surface area contributed by atoms with Gasteiger partial charge in [0.1, 0.15) is 12.4 Å². The molecule has 35 heavy (non-hydrogen) atoms. The number of nitrogens with zero attached hydrogens (tertiary/aromatic N) is 5. The Bertz CT molecular complexity index is 1180. The van der Waals surface area contributed by atoms with E-state index in [2.05, 4.69) is 5.10 Å². The Kier molecular flexibility index (Phi) is 8.31. The monoisotopic (exact) mass is 527 g/mol. The zero-order valence-electron chi connectivity index (χ0n) is 19.8. The molecule has 0 unspecified atom stereocenters. The van der Waals surface area contributed by atoms with Crippen LogP contribution in [0.5, 0.6) is 5.75 Å². The number of benzene rings is 1. The second-order valence-corrected chi connectivity index (χ2v) is 11.0. The molecule has 1 aliphatic carbocycles. The smallest absolute Gasteiger partial charge is 0.316 e. The standard InChI is InChI=1S/C23H31ClFN5O4S/c1-2-28(11-10-25)35(32,33)29-14-12-27(13-15-29)21-17-26-30(19-7-5-6-18(24)16-19)23(31)22(21)34-20-8-3-4-9-20/h5-7,16-17,20H,2-4,8-15H2,1H3. The van der Waals surface area contributed by atoms with Crippen molar-refractivity contribution in [1.82, 2.24) is 18.4 Å². The molecule has 0 spiro atoms. The summed E-state index contributed by atoms with van der Waals surface area (Å²) < 4.78 is 48.7. The molecule has 9 nitrogen and oxygen atoms in total. The number of hydrogen-bond acceptors (Lipinski definition) is 6. The summed E-state index contributed by atoms with van der Waals surface area (Å²) in [5.41, 5.74) is 0.703. The molecule has 2 heterocycles. The fourth-order valence-corrected chi connectivity index (χ4v) is 6.35. The first kappa shape index (κ1) is 25.9. The number of halogens is 2. The van der Waals surface area contributed by atoms with Crippen LogP contribution >= 0.6 is 11.6 Å². The molecule has 2 aromatic rings. The number of rotatable bonds is 9. The van der Waals surface area contributed by atoms with Crippen LogP contribution in [0.1, 0.15) is 32.6 Å². The zero-order valence-corrected chi connectivity index (χ0v) is 21.3. The highest BCUT2D eigenvalue weighted by Gasteiger charge is 2.33. The zero-order chi connectivity index (χ0) is 25.0. The van der Waals surface area contributed by atoms with Gasteiger partial charge in [-0.25, -0.2) is 4.39 Å². The van der Waals surface area contributed by atoms with E-state index < -0.39 is 16.9 Å². The van der Waals surface area contributed by atoms with Crippen LogP contribution < -0.4 is 15.2 Å². The summed E-state index contributed by atoms with van der Waals surface area (Å²) in [7, 11) is -3.75. The lowest BCUT2D eigenvalue weighted by molar-refractivity contribution is 0.205. The van der Waals surface area contributed by atoms with E-state index in [0.717, 1.165) is 30.0 Å². The second kappa shape index (κ2) is 11.2. The van der Waals surface area contributed by atoms with E-state index in [9.17, 15) is 17.6 Å². The number of hydrogen-bond donors (Lipinski definition) is 0. The van der Waals surface area contributed by atoms with E-state index in [4.69, 9.17) is 16.3 Å². The Morgan fingerprint density at radius 3 is 2.54 bits per heavy atom. The maximum absolute atomic E-state index is 13.5. The van der Waals surface area contributed by atoms with Crippen LogP contribution in [0.25, 0.3) is 5.69 Å². The lowest BCUT2D eigenvalue weighted by atomic mass is 10.2. The van der Waals surface area contributed by atoms with Crippen molar-refractivity contribution >= 4 is 27.5 Å². The van der Waals surface area contributed by atoms with Crippen molar-refractivity contribution in [3.8, 4) is 11.4 Å². The van der Waals surface area contributed by atoms with Gasteiger partial charge in [0.05, 0.1) is 18.0 Å². The highest BCUT2D eigenvalue weighted by Crippen LogP contribution is 2.30. The van der Waals surface area contributed by atoms with Crippen molar-refractivity contribution in [3.63, 3.8) is 0 Å². The van der Waals surface area contributed by atoms with Gasteiger partial charge in [-0.15, -0.1) is 0 Å². The first-order chi connectivity index (χ1) is 16.8. The molecule has 1 aromatic carbocycles. The van der Waals surface area contributed by atoms with E-state index >= 15 is 0 Å². The summed E-state index contributed by atoms with van der Waals surface area (Å²) in [6.07, 6.45) is 5.42. The van der Waals surface area contributed by atoms with Crippen LogP contribution in [0.3, 0.4) is 0 Å². The predicted molar refractivity (Wildman–Crippen MR) is 134 cm³/mol. The van der Waals surface area contributed by atoms with Crippen molar-refractivity contribution < 1.29 is 17.5 Å². The van der Waals surface area contributed by atoms with Gasteiger partial charge in [-0.05, 0) is 43.9 Å². The second-order valence-electron chi connectivity index (χ2n) is 8.65. The van der Waals surface area contributed by atoms with Crippen molar-refractivity contribution in [2.75, 3.05) is 50.8 Å². The minimum atomic E-state index is -3.75. The number of ether oxygens (including phenoxy) is 1. The summed E-state index contributed by atoms with van der Waals surface area (Å²) in [5.74, 6) is 0.218. The number of anilines is 1. The predicted octanol–water partition coefficient (Wildman–Crippen LogP) is 2.87. The lowest BCUT2D eigenvalue weighted by Gasteiger charge is -2.37. The van der Waals surface area contributed by atoms with E-state index in [0.29, 0.717) is 29.5 Å². The molecule has 2 fully saturated rings. The van der Waals surface area contributed by atoms with Crippen LogP contribution in [0.4, 0.5) is 10.1 Å². The molecule has 0 N–H and O–H groups in total. The van der Waals surface area contributed by atoms with Crippen molar-refractivity contribution in [1.29, 1.82) is 0 Å². The number of alkyl halides is 1. The molecule has 1 saturated carbocycles. The summed E-state index contributed by atoms with van der Waals surface area (Å²) in [6.45, 7) is 2.14. The summed E-state index contributed by atoms with van der Waals surface area (Å²) in [4.78, 5) is 15.4. The highest BCUT2D eigenvalue weighted by molar-refractivity contribution is 7.86. The maximum Gasteiger partial charge on any atom is 0.316 e. The van der Waals surface area contributed by atoms with Gasteiger partial charge in [0.2, 0.25) is 5.75 Å². The third kappa shape index (κ3) is 5.63. The Morgan fingerprint density at radius 1 is 1.20 bits per heavy atom. The Balaban J connectivity index is 1.61. The minimum absolute atomic E-state index is 0.0443. The molecule has 0 radical (unpaired) electrons. The SMILES string of the molecule is CCN(CCF)S(=O)(=O)N1CCN(c2cnn(-c3cccc(Cl)c3)c(=O)c2OC2CCCC2)CC1. The molecular weight excluding hydrogens is 497 g/mol. The Hall–Kier alpha value is -2.21. The van der Waals surface area contributed by atoms with E-state index in [1.165, 1.54) is 8.99 Å². The third-order valence-electron chi connectivity index (χ3n) is 6.47. The van der Waals surface area contributed by atoms with E-state index in [-0.39, 0.29) is 43.6 Å². The lowest BCUT2D eigenvalue weighted by Crippen LogP contribution is -2.53. The quantitative estimate of drug-likeness (QED) is 0.498.